The Labute approximate surface area is 74.7 Å². The summed E-state index contributed by atoms with van der Waals surface area (Å²) >= 11 is 0. The molecule has 64 valence electrons. The molecule has 5 heteroatoms. The number of nitrogens with zero attached hydrogens (tertiary/aromatic N) is 2. The molecule has 2 unspecified atom stereocenters. The summed E-state index contributed by atoms with van der Waals surface area (Å²) in [5.74, 6) is 0. The third kappa shape index (κ3) is 2.25. The molecule has 0 saturated carbocycles. The topological polar surface area (TPSA) is 6.02 Å². The van der Waals surface area contributed by atoms with Crippen molar-refractivity contribution in [2.75, 3.05) is 0 Å². The normalized spacial score (nSPS) is 32.2. The van der Waals surface area contributed by atoms with E-state index >= 15 is 0 Å². The fourth-order valence-corrected chi connectivity index (χ4v) is 9.18. The molecule has 1 aliphatic rings. The van der Waals surface area contributed by atoms with Gasteiger partial charge < -0.3 is 0 Å². The van der Waals surface area contributed by atoms with Gasteiger partial charge in [-0.05, 0) is 0 Å². The SMILES string of the molecule is C[Si](C)(C)N1[Si]N1[Si](C)(C)C. The zero-order chi connectivity index (χ0) is 8.86. The average Bonchev–Trinajstić information content (AvgIpc) is 2.30. The maximum atomic E-state index is 2.62. The molecule has 1 heterocycles. The summed E-state index contributed by atoms with van der Waals surface area (Å²) in [6.07, 6.45) is 0. The summed E-state index contributed by atoms with van der Waals surface area (Å²) < 4.78 is 5.25. The van der Waals surface area contributed by atoms with Crippen LogP contribution >= 0.6 is 0 Å². The van der Waals surface area contributed by atoms with Crippen molar-refractivity contribution in [1.82, 2.24) is 8.68 Å². The summed E-state index contributed by atoms with van der Waals surface area (Å²) in [5, 5.41) is 0. The molecular formula is C6H18N2Si3. The van der Waals surface area contributed by atoms with E-state index in [1.54, 1.807) is 0 Å². The predicted octanol–water partition coefficient (Wildman–Crippen LogP) is 1.72. The van der Waals surface area contributed by atoms with Crippen LogP contribution in [-0.2, 0) is 0 Å². The van der Waals surface area contributed by atoms with E-state index in [2.05, 4.69) is 48.0 Å². The standard InChI is InChI=1S/C6H18N2Si3/c1-10(2,3)7-8(9-7)11(4,5)6/h1-6H3. The van der Waals surface area contributed by atoms with Gasteiger partial charge in [-0.3, -0.25) is 8.68 Å². The molecule has 2 radical (unpaired) electrons. The van der Waals surface area contributed by atoms with Gasteiger partial charge in [0.25, 0.3) is 9.84 Å². The molecule has 0 aromatic heterocycles. The molecule has 11 heavy (non-hydrogen) atoms. The second-order valence-corrected chi connectivity index (χ2v) is 16.5. The number of hydrazine groups is 1. The highest BCUT2D eigenvalue weighted by atomic mass is 28.4. The van der Waals surface area contributed by atoms with Gasteiger partial charge in [-0.15, -0.1) is 0 Å². The van der Waals surface area contributed by atoms with Crippen molar-refractivity contribution in [2.45, 2.75) is 39.3 Å². The molecule has 2 nitrogen and oxygen atoms in total. The van der Waals surface area contributed by atoms with E-state index in [1.807, 2.05) is 0 Å². The van der Waals surface area contributed by atoms with E-state index in [0.717, 1.165) is 9.84 Å². The van der Waals surface area contributed by atoms with E-state index in [4.69, 9.17) is 0 Å². The number of hydrogen-bond acceptors (Lipinski definition) is 2. The number of rotatable bonds is 2. The van der Waals surface area contributed by atoms with E-state index < -0.39 is 16.5 Å². The van der Waals surface area contributed by atoms with Crippen molar-refractivity contribution in [3.8, 4) is 0 Å². The molecule has 1 fully saturated rings. The Bertz CT molecular complexity index is 140. The van der Waals surface area contributed by atoms with Gasteiger partial charge in [0.15, 0.2) is 0 Å². The first-order valence-electron chi connectivity index (χ1n) is 4.09. The summed E-state index contributed by atoms with van der Waals surface area (Å²) in [4.78, 5) is 0. The molecule has 2 atom stereocenters. The van der Waals surface area contributed by atoms with E-state index in [9.17, 15) is 0 Å². The van der Waals surface area contributed by atoms with Crippen LogP contribution in [0.3, 0.4) is 0 Å². The lowest BCUT2D eigenvalue weighted by Gasteiger charge is -2.26. The lowest BCUT2D eigenvalue weighted by molar-refractivity contribution is 0.574. The lowest BCUT2D eigenvalue weighted by atomic mass is 11.8. The van der Waals surface area contributed by atoms with Gasteiger partial charge in [-0.2, -0.15) is 0 Å². The number of hydrogen-bond donors (Lipinski definition) is 0. The highest BCUT2D eigenvalue weighted by Gasteiger charge is 2.48. The van der Waals surface area contributed by atoms with Crippen molar-refractivity contribution < 1.29 is 0 Å². The van der Waals surface area contributed by atoms with E-state index in [-0.39, 0.29) is 0 Å². The first kappa shape index (κ1) is 9.66. The van der Waals surface area contributed by atoms with Gasteiger partial charge in [0.05, 0.1) is 0 Å². The van der Waals surface area contributed by atoms with Crippen LogP contribution in [0, 0.1) is 0 Å². The zero-order valence-electron chi connectivity index (χ0n) is 8.39. The Morgan fingerprint density at radius 1 is 0.727 bits per heavy atom. The van der Waals surface area contributed by atoms with Crippen molar-refractivity contribution in [3.63, 3.8) is 0 Å². The molecule has 0 aromatic carbocycles. The van der Waals surface area contributed by atoms with Crippen molar-refractivity contribution in [2.24, 2.45) is 0 Å². The molecular weight excluding hydrogens is 184 g/mol. The second kappa shape index (κ2) is 2.53. The van der Waals surface area contributed by atoms with Gasteiger partial charge in [0.1, 0.15) is 16.5 Å². The molecule has 0 aromatic rings. The quantitative estimate of drug-likeness (QED) is 0.497. The minimum Gasteiger partial charge on any atom is -0.282 e. The Morgan fingerprint density at radius 3 is 1.09 bits per heavy atom. The van der Waals surface area contributed by atoms with Crippen molar-refractivity contribution >= 4 is 26.3 Å². The molecule has 0 aliphatic carbocycles. The molecule has 0 amide bonds. The summed E-state index contributed by atoms with van der Waals surface area (Å²) in [7, 11) is -0.972. The van der Waals surface area contributed by atoms with Crippen molar-refractivity contribution in [3.05, 3.63) is 0 Å². The van der Waals surface area contributed by atoms with Gasteiger partial charge in [-0.1, -0.05) is 39.3 Å². The van der Waals surface area contributed by atoms with Crippen LogP contribution in [0.25, 0.3) is 0 Å². The molecule has 0 bridgehead atoms. The third-order valence-electron chi connectivity index (χ3n) is 1.62. The smallest absolute Gasteiger partial charge is 0.264 e. The van der Waals surface area contributed by atoms with Crippen molar-refractivity contribution in [1.29, 1.82) is 0 Å². The molecule has 0 spiro atoms. The van der Waals surface area contributed by atoms with Crippen LogP contribution in [0.4, 0.5) is 0 Å². The second-order valence-electron chi connectivity index (χ2n) is 5.07. The maximum absolute atomic E-state index is 2.62. The van der Waals surface area contributed by atoms with E-state index in [1.165, 1.54) is 0 Å². The van der Waals surface area contributed by atoms with E-state index in [0.29, 0.717) is 0 Å². The Hall–Kier alpha value is 0.571. The van der Waals surface area contributed by atoms with Gasteiger partial charge in [0.2, 0.25) is 0 Å². The summed E-state index contributed by atoms with van der Waals surface area (Å²) in [6, 6.07) is 0. The van der Waals surface area contributed by atoms with Crippen LogP contribution in [-0.4, -0.2) is 35.0 Å². The summed E-state index contributed by atoms with van der Waals surface area (Å²) in [6.45, 7) is 14.5. The lowest BCUT2D eigenvalue weighted by Crippen LogP contribution is -2.42. The summed E-state index contributed by atoms with van der Waals surface area (Å²) in [5.41, 5.74) is 0. The van der Waals surface area contributed by atoms with Crippen LogP contribution in [0.5, 0.6) is 0 Å². The highest BCUT2D eigenvalue weighted by Crippen LogP contribution is 2.28. The van der Waals surface area contributed by atoms with Crippen LogP contribution in [0.2, 0.25) is 39.3 Å². The molecule has 0 N–H and O–H groups in total. The minimum absolute atomic E-state index is 0.990. The highest BCUT2D eigenvalue weighted by molar-refractivity contribution is 6.90. The van der Waals surface area contributed by atoms with Crippen LogP contribution in [0.15, 0.2) is 0 Å². The Kier molecular flexibility index (Phi) is 2.22. The van der Waals surface area contributed by atoms with Gasteiger partial charge in [0, 0.05) is 0 Å². The Balaban J connectivity index is 2.51. The largest absolute Gasteiger partial charge is 0.282 e. The molecule has 1 aliphatic heterocycles. The first-order chi connectivity index (χ1) is 4.73. The van der Waals surface area contributed by atoms with Crippen LogP contribution in [0.1, 0.15) is 0 Å². The fourth-order valence-electron chi connectivity index (χ4n) is 0.970. The fraction of sp³-hybridized carbons (Fsp3) is 1.00. The maximum Gasteiger partial charge on any atom is 0.264 e. The average molecular weight is 202 g/mol. The molecule has 1 rings (SSSR count). The van der Waals surface area contributed by atoms with Gasteiger partial charge >= 0.3 is 0 Å². The minimum atomic E-state index is -0.990. The monoisotopic (exact) mass is 202 g/mol. The van der Waals surface area contributed by atoms with Crippen LogP contribution < -0.4 is 0 Å². The zero-order valence-corrected chi connectivity index (χ0v) is 11.4. The predicted molar refractivity (Wildman–Crippen MR) is 56.1 cm³/mol. The third-order valence-corrected chi connectivity index (χ3v) is 10.4. The first-order valence-corrected chi connectivity index (χ1v) is 11.9. The Morgan fingerprint density at radius 2 is 1.00 bits per heavy atom. The molecule has 1 saturated heterocycles. The van der Waals surface area contributed by atoms with Gasteiger partial charge in [-0.25, -0.2) is 0 Å².